The SMILES string of the molecule is CCCCCCCC/C=C\CCCCCCCC(=O)OCCCCCCCC/C=C\CCCCCC(=O)NC(CO)C(O)CCCCCCCCCCCCCCCCCCCCCC. The highest BCUT2D eigenvalue weighted by Crippen LogP contribution is 2.17. The molecule has 65 heavy (non-hydrogen) atoms. The number of rotatable bonds is 54. The summed E-state index contributed by atoms with van der Waals surface area (Å²) in [4.78, 5) is 24.5. The monoisotopic (exact) mass is 916 g/mol. The molecule has 0 aromatic heterocycles. The van der Waals surface area contributed by atoms with Crippen molar-refractivity contribution in [3.8, 4) is 0 Å². The molecule has 2 unspecified atom stereocenters. The molecular weight excluding hydrogens is 803 g/mol. The summed E-state index contributed by atoms with van der Waals surface area (Å²) < 4.78 is 5.46. The van der Waals surface area contributed by atoms with E-state index in [9.17, 15) is 19.8 Å². The van der Waals surface area contributed by atoms with Crippen LogP contribution in [0, 0.1) is 0 Å². The van der Waals surface area contributed by atoms with E-state index >= 15 is 0 Å². The summed E-state index contributed by atoms with van der Waals surface area (Å²) in [5, 5.41) is 23.3. The zero-order valence-electron chi connectivity index (χ0n) is 43.7. The molecule has 2 atom stereocenters. The number of unbranched alkanes of at least 4 members (excludes halogenated alkanes) is 39. The molecule has 0 aliphatic heterocycles. The van der Waals surface area contributed by atoms with Crippen LogP contribution in [0.1, 0.15) is 316 Å². The van der Waals surface area contributed by atoms with E-state index in [2.05, 4.69) is 43.5 Å². The molecule has 0 aromatic carbocycles. The van der Waals surface area contributed by atoms with E-state index in [0.29, 0.717) is 25.9 Å². The van der Waals surface area contributed by atoms with Crippen LogP contribution in [0.5, 0.6) is 0 Å². The first kappa shape index (κ1) is 63.3. The van der Waals surface area contributed by atoms with Gasteiger partial charge in [0.05, 0.1) is 25.4 Å². The molecular formula is C59H113NO5. The van der Waals surface area contributed by atoms with Crippen molar-refractivity contribution in [2.75, 3.05) is 13.2 Å². The first-order valence-electron chi connectivity index (χ1n) is 29.1. The molecule has 0 aliphatic carbocycles. The van der Waals surface area contributed by atoms with Crippen LogP contribution in [0.2, 0.25) is 0 Å². The second kappa shape index (κ2) is 54.9. The highest BCUT2D eigenvalue weighted by Gasteiger charge is 2.20. The number of amides is 1. The van der Waals surface area contributed by atoms with E-state index in [1.807, 2.05) is 0 Å². The van der Waals surface area contributed by atoms with E-state index in [-0.39, 0.29) is 18.5 Å². The Morgan fingerprint density at radius 1 is 0.415 bits per heavy atom. The summed E-state index contributed by atoms with van der Waals surface area (Å²) in [5.41, 5.74) is 0. The van der Waals surface area contributed by atoms with Crippen molar-refractivity contribution in [3.63, 3.8) is 0 Å². The Balaban J connectivity index is 3.49. The number of nitrogens with one attached hydrogen (secondary N) is 1. The van der Waals surface area contributed by atoms with Gasteiger partial charge < -0.3 is 20.3 Å². The van der Waals surface area contributed by atoms with Crippen LogP contribution in [0.3, 0.4) is 0 Å². The largest absolute Gasteiger partial charge is 0.466 e. The molecule has 1 amide bonds. The Kier molecular flexibility index (Phi) is 53.5. The standard InChI is InChI=1S/C59H113NO5/c1-3-5-7-9-11-13-15-17-19-20-21-22-23-25-27-31-35-39-43-47-51-57(62)56(55-61)60-58(63)52-48-44-40-36-32-28-26-30-34-38-42-46-50-54-65-59(64)53-49-45-41-37-33-29-24-18-16-14-12-10-8-6-4-2/h18,24,28,32,56-57,61-62H,3-17,19-23,25-27,29-31,33-55H2,1-2H3,(H,60,63)/b24-18-,32-28-. The molecule has 0 bridgehead atoms. The number of allylic oxidation sites excluding steroid dienone is 4. The first-order valence-corrected chi connectivity index (χ1v) is 29.1. The molecule has 0 fully saturated rings. The maximum absolute atomic E-state index is 12.5. The topological polar surface area (TPSA) is 95.9 Å². The molecule has 0 spiro atoms. The van der Waals surface area contributed by atoms with Crippen LogP contribution in [-0.2, 0) is 14.3 Å². The lowest BCUT2D eigenvalue weighted by molar-refractivity contribution is -0.143. The number of hydrogen-bond donors (Lipinski definition) is 3. The average Bonchev–Trinajstić information content (AvgIpc) is 3.31. The molecule has 3 N–H and O–H groups in total. The van der Waals surface area contributed by atoms with Crippen molar-refractivity contribution in [3.05, 3.63) is 24.3 Å². The van der Waals surface area contributed by atoms with Crippen LogP contribution < -0.4 is 5.32 Å². The third kappa shape index (κ3) is 51.6. The summed E-state index contributed by atoms with van der Waals surface area (Å²) in [6.45, 7) is 4.92. The summed E-state index contributed by atoms with van der Waals surface area (Å²) in [7, 11) is 0. The number of aliphatic hydroxyl groups excluding tert-OH is 2. The predicted molar refractivity (Wildman–Crippen MR) is 283 cm³/mol. The summed E-state index contributed by atoms with van der Waals surface area (Å²) >= 11 is 0. The second-order valence-corrected chi connectivity index (χ2v) is 20.0. The summed E-state index contributed by atoms with van der Waals surface area (Å²) in [6, 6.07) is -0.563. The number of carbonyl (C=O) groups is 2. The lowest BCUT2D eigenvalue weighted by Crippen LogP contribution is -2.45. The molecule has 0 heterocycles. The van der Waals surface area contributed by atoms with E-state index in [1.54, 1.807) is 0 Å². The number of esters is 1. The Morgan fingerprint density at radius 3 is 1.11 bits per heavy atom. The zero-order chi connectivity index (χ0) is 47.2. The zero-order valence-corrected chi connectivity index (χ0v) is 43.7. The van der Waals surface area contributed by atoms with Crippen molar-refractivity contribution in [1.82, 2.24) is 5.32 Å². The number of aliphatic hydroxyl groups is 2. The smallest absolute Gasteiger partial charge is 0.305 e. The van der Waals surface area contributed by atoms with Gasteiger partial charge in [-0.15, -0.1) is 0 Å². The van der Waals surface area contributed by atoms with Crippen LogP contribution in [-0.4, -0.2) is 47.4 Å². The van der Waals surface area contributed by atoms with Crippen molar-refractivity contribution < 1.29 is 24.5 Å². The molecule has 384 valence electrons. The molecule has 0 saturated heterocycles. The Morgan fingerprint density at radius 2 is 0.723 bits per heavy atom. The lowest BCUT2D eigenvalue weighted by Gasteiger charge is -2.22. The molecule has 0 radical (unpaired) electrons. The first-order chi connectivity index (χ1) is 32.0. The van der Waals surface area contributed by atoms with E-state index in [4.69, 9.17) is 4.74 Å². The van der Waals surface area contributed by atoms with Gasteiger partial charge in [0.2, 0.25) is 5.91 Å². The van der Waals surface area contributed by atoms with E-state index in [1.165, 1.54) is 212 Å². The van der Waals surface area contributed by atoms with Crippen LogP contribution in [0.25, 0.3) is 0 Å². The highest BCUT2D eigenvalue weighted by molar-refractivity contribution is 5.76. The molecule has 0 aliphatic rings. The van der Waals surface area contributed by atoms with Crippen molar-refractivity contribution in [2.45, 2.75) is 328 Å². The van der Waals surface area contributed by atoms with Crippen molar-refractivity contribution in [2.24, 2.45) is 0 Å². The van der Waals surface area contributed by atoms with Crippen LogP contribution in [0.15, 0.2) is 24.3 Å². The fraction of sp³-hybridized carbons (Fsp3) is 0.898. The van der Waals surface area contributed by atoms with Gasteiger partial charge in [-0.05, 0) is 77.0 Å². The second-order valence-electron chi connectivity index (χ2n) is 20.0. The molecule has 0 aromatic rings. The lowest BCUT2D eigenvalue weighted by atomic mass is 10.0. The molecule has 6 nitrogen and oxygen atoms in total. The highest BCUT2D eigenvalue weighted by atomic mass is 16.5. The fourth-order valence-corrected chi connectivity index (χ4v) is 8.98. The molecule has 0 rings (SSSR count). The van der Waals surface area contributed by atoms with Gasteiger partial charge in [0.1, 0.15) is 0 Å². The van der Waals surface area contributed by atoms with Crippen molar-refractivity contribution in [1.29, 1.82) is 0 Å². The van der Waals surface area contributed by atoms with E-state index < -0.39 is 12.1 Å². The van der Waals surface area contributed by atoms with Gasteiger partial charge in [-0.2, -0.15) is 0 Å². The normalized spacial score (nSPS) is 12.7. The maximum Gasteiger partial charge on any atom is 0.305 e. The number of carbonyl (C=O) groups excluding carboxylic acids is 2. The van der Waals surface area contributed by atoms with Gasteiger partial charge in [0, 0.05) is 12.8 Å². The summed E-state index contributed by atoms with van der Waals surface area (Å²) in [5.74, 6) is -0.0827. The van der Waals surface area contributed by atoms with Crippen LogP contribution >= 0.6 is 0 Å². The number of hydrogen-bond acceptors (Lipinski definition) is 5. The van der Waals surface area contributed by atoms with Gasteiger partial charge in [0.15, 0.2) is 0 Å². The van der Waals surface area contributed by atoms with Gasteiger partial charge in [-0.3, -0.25) is 9.59 Å². The van der Waals surface area contributed by atoms with Gasteiger partial charge in [-0.25, -0.2) is 0 Å². The maximum atomic E-state index is 12.5. The van der Waals surface area contributed by atoms with E-state index in [0.717, 1.165) is 70.6 Å². The summed E-state index contributed by atoms with van der Waals surface area (Å²) in [6.07, 6.45) is 65.9. The molecule has 0 saturated carbocycles. The fourth-order valence-electron chi connectivity index (χ4n) is 8.98. The molecule has 6 heteroatoms. The number of ether oxygens (including phenoxy) is 1. The van der Waals surface area contributed by atoms with Gasteiger partial charge in [0.25, 0.3) is 0 Å². The minimum Gasteiger partial charge on any atom is -0.466 e. The quantitative estimate of drug-likeness (QED) is 0.0321. The third-order valence-corrected chi connectivity index (χ3v) is 13.5. The van der Waals surface area contributed by atoms with Gasteiger partial charge in [-0.1, -0.05) is 250 Å². The predicted octanol–water partition coefficient (Wildman–Crippen LogP) is 17.9. The Hall–Kier alpha value is -1.66. The minimum absolute atomic E-state index is 0.0199. The minimum atomic E-state index is -0.682. The third-order valence-electron chi connectivity index (χ3n) is 13.5. The van der Waals surface area contributed by atoms with Crippen molar-refractivity contribution >= 4 is 11.9 Å². The Bertz CT molecular complexity index is 1010. The van der Waals surface area contributed by atoms with Crippen LogP contribution in [0.4, 0.5) is 0 Å². The van der Waals surface area contributed by atoms with Gasteiger partial charge >= 0.3 is 5.97 Å². The average molecular weight is 917 g/mol. The Labute approximate surface area is 405 Å².